The molecule has 16 heteroatoms. The lowest BCUT2D eigenvalue weighted by molar-refractivity contribution is -0.171. The van der Waals surface area contributed by atoms with Crippen LogP contribution in [-0.4, -0.2) is 91.0 Å². The quantitative estimate of drug-likeness (QED) is 0.0465. The third kappa shape index (κ3) is 10.1. The number of aromatic hydroxyl groups is 2. The summed E-state index contributed by atoms with van der Waals surface area (Å²) in [6.45, 7) is 8.18. The van der Waals surface area contributed by atoms with Gasteiger partial charge in [0.15, 0.2) is 5.43 Å². The van der Waals surface area contributed by atoms with Crippen molar-refractivity contribution < 1.29 is 54.4 Å². The minimum Gasteiger partial charge on any atom is -0.508 e. The molecule has 16 atom stereocenters. The van der Waals surface area contributed by atoms with Gasteiger partial charge in [-0.1, -0.05) is 82.4 Å². The fourth-order valence-electron chi connectivity index (χ4n) is 19.9. The summed E-state index contributed by atoms with van der Waals surface area (Å²) >= 11 is 0. The van der Waals surface area contributed by atoms with Gasteiger partial charge in [-0.25, -0.2) is 4.79 Å². The Bertz CT molecular complexity index is 3730. The molecule has 5 heterocycles. The predicted molar refractivity (Wildman–Crippen MR) is 342 cm³/mol. The molecule has 3 saturated carbocycles. The van der Waals surface area contributed by atoms with Crippen molar-refractivity contribution in [3.8, 4) is 17.2 Å². The molecule has 0 saturated heterocycles. The lowest BCUT2D eigenvalue weighted by atomic mass is 9.61. The summed E-state index contributed by atoms with van der Waals surface area (Å²) in [5.41, 5.74) is 13.2. The van der Waals surface area contributed by atoms with Crippen LogP contribution in [0.25, 0.3) is 11.0 Å². The standard InChI is InChI=1S/C74H92N4O12/c1-5-57(74(87)33-43-26-45(74)25-41-24-42(67(84)53-14-10-13-49(43)62(41)53)27-47(82)23-37(3)38-11-8-7-9-12-38)72(86)89-60-32-55-68(85)65-59(83)31-48(35-79)88-70(65)66-63-52-21-22-77-71(75)64(52)51(20-16-39-15-18-46(81)30-54(39)56(63)36-80)50-19-17-40-29-61(76-6-2)78-34-44(40)28-58(50)73(60,4)90-69(55)66/h5,10,13-15,18,21,29-31,34,37-38,41-43,45,47,50-51,56,58,60-61,63,67,76-82,84-85,87H,6-9,11-12,16-17,19-20,22-28,32-33,35-36,75H2,1-4H3. The van der Waals surface area contributed by atoms with Crippen LogP contribution in [0.5, 0.6) is 17.2 Å². The van der Waals surface area contributed by atoms with Gasteiger partial charge in [0.1, 0.15) is 58.1 Å². The molecule has 0 radical (unpaired) electrons. The van der Waals surface area contributed by atoms with Crippen molar-refractivity contribution in [1.29, 1.82) is 0 Å². The molecule has 3 aromatic carbocycles. The second kappa shape index (κ2) is 23.9. The number of aliphatic hydroxyl groups is 5. The average molecular weight is 1230 g/mol. The lowest BCUT2D eigenvalue weighted by Crippen LogP contribution is -2.59. The minimum atomic E-state index is -1.62. The van der Waals surface area contributed by atoms with Crippen molar-refractivity contribution in [3.05, 3.63) is 156 Å². The van der Waals surface area contributed by atoms with E-state index in [0.29, 0.717) is 99.5 Å². The van der Waals surface area contributed by atoms with Gasteiger partial charge in [-0.2, -0.15) is 0 Å². The second-order valence-corrected chi connectivity index (χ2v) is 28.8. The third-order valence-electron chi connectivity index (χ3n) is 24.1. The zero-order valence-electron chi connectivity index (χ0n) is 52.6. The van der Waals surface area contributed by atoms with Gasteiger partial charge < -0.3 is 66.0 Å². The van der Waals surface area contributed by atoms with E-state index in [1.807, 2.05) is 25.1 Å². The van der Waals surface area contributed by atoms with Gasteiger partial charge >= 0.3 is 5.97 Å². The molecule has 90 heavy (non-hydrogen) atoms. The zero-order valence-corrected chi connectivity index (χ0v) is 52.6. The Kier molecular flexibility index (Phi) is 16.3. The Morgan fingerprint density at radius 2 is 1.77 bits per heavy atom. The molecule has 6 aliphatic carbocycles. The molecule has 480 valence electrons. The average Bonchev–Trinajstić information content (AvgIpc) is 1.02. The number of rotatable bonds is 12. The Morgan fingerprint density at radius 1 is 0.967 bits per heavy atom. The van der Waals surface area contributed by atoms with E-state index in [1.165, 1.54) is 43.7 Å². The van der Waals surface area contributed by atoms with Crippen LogP contribution in [0.15, 0.2) is 110 Å². The van der Waals surface area contributed by atoms with Crippen LogP contribution in [-0.2, 0) is 29.0 Å². The Labute approximate surface area is 527 Å². The molecule has 4 aliphatic heterocycles. The lowest BCUT2D eigenvalue weighted by Gasteiger charge is -2.52. The van der Waals surface area contributed by atoms with E-state index >= 15 is 4.79 Å². The van der Waals surface area contributed by atoms with E-state index in [-0.39, 0.29) is 93.9 Å². The predicted octanol–water partition coefficient (Wildman–Crippen LogP) is 9.97. The smallest absolute Gasteiger partial charge is 0.337 e. The van der Waals surface area contributed by atoms with E-state index in [0.717, 1.165) is 45.5 Å². The van der Waals surface area contributed by atoms with Crippen molar-refractivity contribution in [1.82, 2.24) is 16.0 Å². The highest BCUT2D eigenvalue weighted by Gasteiger charge is 2.60. The van der Waals surface area contributed by atoms with Crippen molar-refractivity contribution >= 4 is 16.9 Å². The first-order valence-electron chi connectivity index (χ1n) is 33.9. The van der Waals surface area contributed by atoms with E-state index in [1.54, 1.807) is 25.1 Å². The van der Waals surface area contributed by atoms with Gasteiger partial charge in [0.25, 0.3) is 0 Å². The van der Waals surface area contributed by atoms with Gasteiger partial charge in [-0.15, -0.1) is 0 Å². The van der Waals surface area contributed by atoms with Crippen LogP contribution in [0.3, 0.4) is 0 Å². The number of aliphatic hydroxyl groups excluding tert-OH is 4. The monoisotopic (exact) mass is 1230 g/mol. The molecule has 1 aromatic heterocycles. The summed E-state index contributed by atoms with van der Waals surface area (Å²) in [7, 11) is 0. The van der Waals surface area contributed by atoms with Crippen LogP contribution >= 0.6 is 0 Å². The van der Waals surface area contributed by atoms with Crippen LogP contribution < -0.4 is 31.8 Å². The number of nitrogens with one attached hydrogen (secondary N) is 3. The molecular weight excluding hydrogens is 1140 g/mol. The summed E-state index contributed by atoms with van der Waals surface area (Å²) in [5, 5.41) is 95.2. The number of nitrogens with two attached hydrogens (primary N) is 1. The molecule has 16 nitrogen and oxygen atoms in total. The highest BCUT2D eigenvalue weighted by atomic mass is 16.6. The molecule has 16 unspecified atom stereocenters. The highest BCUT2D eigenvalue weighted by Crippen LogP contribution is 2.63. The first-order valence-corrected chi connectivity index (χ1v) is 33.9. The molecule has 3 fully saturated rings. The normalized spacial score (nSPS) is 33.4. The summed E-state index contributed by atoms with van der Waals surface area (Å²) < 4.78 is 21.7. The number of benzene rings is 3. The molecule has 12 N–H and O–H groups in total. The fourth-order valence-corrected chi connectivity index (χ4v) is 19.9. The minimum absolute atomic E-state index is 0.0160. The number of allylic oxidation sites excluding steroid dienone is 5. The number of carbonyl (C=O) groups is 1. The number of carbonyl (C=O) groups excluding carboxylic acids is 1. The molecule has 14 rings (SSSR count). The first kappa shape index (κ1) is 61.1. The number of esters is 1. The summed E-state index contributed by atoms with van der Waals surface area (Å²) in [4.78, 5) is 30.8. The Balaban J connectivity index is 0.893. The van der Waals surface area contributed by atoms with Crippen LogP contribution in [0.4, 0.5) is 0 Å². The first-order chi connectivity index (χ1) is 43.4. The number of likely N-dealkylation sites (N-methyl/N-ethyl adjacent to an activating group) is 1. The van der Waals surface area contributed by atoms with Gasteiger partial charge in [0.05, 0.1) is 36.2 Å². The molecular formula is C74H92N4O12. The molecule has 0 amide bonds. The summed E-state index contributed by atoms with van der Waals surface area (Å²) in [6, 6.07) is 12.7. The maximum atomic E-state index is 16.1. The molecule has 0 spiro atoms. The number of hydrogen-bond acceptors (Lipinski definition) is 16. The molecule has 10 aliphatic rings. The largest absolute Gasteiger partial charge is 0.508 e. The third-order valence-corrected chi connectivity index (χ3v) is 24.1. The van der Waals surface area contributed by atoms with E-state index in [2.05, 4.69) is 54.2 Å². The maximum Gasteiger partial charge on any atom is 0.337 e. The number of phenols is 2. The molecule has 4 aromatic rings. The van der Waals surface area contributed by atoms with Gasteiger partial charge in [-0.05, 0) is 207 Å². The summed E-state index contributed by atoms with van der Waals surface area (Å²) in [6.07, 6.45) is 18.0. The number of hydrogen-bond donors (Lipinski definition) is 11. The topological polar surface area (TPSA) is 269 Å². The highest BCUT2D eigenvalue weighted by molar-refractivity contribution is 5.93. The Hall–Kier alpha value is -6.40. The van der Waals surface area contributed by atoms with E-state index in [4.69, 9.17) is 19.6 Å². The second-order valence-electron chi connectivity index (χ2n) is 28.8. The number of dihydropyridines is 2. The van der Waals surface area contributed by atoms with Crippen molar-refractivity contribution in [3.63, 3.8) is 0 Å². The number of aryl methyl sites for hydroxylation is 1. The Morgan fingerprint density at radius 3 is 2.54 bits per heavy atom. The SMILES string of the molecule is CC=C(C(=O)OC1Cc2c3c(c4oc(CO)cc(=O)c4c2O)C2C4=CCNC(N)=C4C(CCc4ccc(O)cc4C2CO)C2CCC4=CC(NCC)NC=C4CC2C1(C)O3)C1(O)CC2CC1CC1CC(CC(O)CC(C)C3CCCCC3)C(O)c3cccc2c31. The van der Waals surface area contributed by atoms with Crippen molar-refractivity contribution in [2.24, 2.45) is 47.2 Å². The van der Waals surface area contributed by atoms with Crippen LogP contribution in [0, 0.1) is 41.4 Å². The summed E-state index contributed by atoms with van der Waals surface area (Å²) in [5.74, 6) is -2.77. The number of fused-ring (bicyclic) bond motifs is 12. The van der Waals surface area contributed by atoms with Crippen molar-refractivity contribution in [2.45, 2.75) is 203 Å². The van der Waals surface area contributed by atoms with Crippen LogP contribution in [0.2, 0.25) is 0 Å². The van der Waals surface area contributed by atoms with Gasteiger partial charge in [-0.3, -0.25) is 10.1 Å². The maximum absolute atomic E-state index is 16.1. The van der Waals surface area contributed by atoms with Crippen LogP contribution in [0.1, 0.15) is 198 Å². The van der Waals surface area contributed by atoms with Gasteiger partial charge in [0, 0.05) is 54.1 Å². The molecule has 6 bridgehead atoms. The van der Waals surface area contributed by atoms with Crippen molar-refractivity contribution in [2.75, 3.05) is 19.7 Å². The number of ether oxygens (including phenoxy) is 2. The van der Waals surface area contributed by atoms with Gasteiger partial charge in [0.2, 0.25) is 0 Å². The fraction of sp³-hybridized carbons (Fsp3) is 0.568. The van der Waals surface area contributed by atoms with E-state index in [9.17, 15) is 40.5 Å². The number of phenolic OH excluding ortho intramolecular Hbond substituents is 2. The van der Waals surface area contributed by atoms with E-state index < -0.39 is 77.6 Å². The zero-order chi connectivity index (χ0) is 62.7.